The van der Waals surface area contributed by atoms with Crippen molar-refractivity contribution >= 4 is 11.6 Å². The fourth-order valence-electron chi connectivity index (χ4n) is 9.13. The van der Waals surface area contributed by atoms with Crippen LogP contribution < -0.4 is 11.1 Å². The molecule has 6 aliphatic rings. The summed E-state index contributed by atoms with van der Waals surface area (Å²) in [6.07, 6.45) is 6.22. The van der Waals surface area contributed by atoms with Crippen molar-refractivity contribution in [3.8, 4) is 0 Å². The monoisotopic (exact) mass is 619 g/mol. The maximum Gasteiger partial charge on any atom is 0.187 e. The molecule has 6 rings (SSSR count). The highest BCUT2D eigenvalue weighted by Crippen LogP contribution is 2.48. The Bertz CT molecular complexity index is 1140. The number of piperidine rings is 1. The Morgan fingerprint density at radius 1 is 1.02 bits per heavy atom. The van der Waals surface area contributed by atoms with Gasteiger partial charge in [0.25, 0.3) is 0 Å². The number of aliphatic hydroxyl groups excluding tert-OH is 4. The number of fused-ring (bicyclic) bond motifs is 2. The molecule has 3 saturated carbocycles. The molecule has 0 spiro atoms. The molecule has 11 heteroatoms. The molecule has 5 unspecified atom stereocenters. The maximum absolute atomic E-state index is 14.1. The lowest BCUT2D eigenvalue weighted by molar-refractivity contribution is -0.699. The van der Waals surface area contributed by atoms with Crippen LogP contribution in [0.15, 0.2) is 23.5 Å². The highest BCUT2D eigenvalue weighted by molar-refractivity contribution is 6.02. The standard InChI is InChI=1S/C33H50N2O9/c34-25-13-17(10-12-35-25)9-11-33(42)30(40)24(16-36)44-32(31(33)41)43-23-8-4-7-20-27(23)29(39)26-21(28(20)38)14-19(15-22(26)37)18-5-2-1-3-6-18/h14-15,17-18,20-21,23-27,30-32,35-37,40-42H,1-13,16,34H2/p+1/t17?,20?,21-,23?,24+,25?,26+,27?,30+,31-,32-,33-/m0/s1. The van der Waals surface area contributed by atoms with Gasteiger partial charge >= 0.3 is 0 Å². The van der Waals surface area contributed by atoms with Gasteiger partial charge < -0.3 is 40.3 Å². The van der Waals surface area contributed by atoms with Gasteiger partial charge in [-0.1, -0.05) is 31.8 Å². The molecule has 2 aliphatic heterocycles. The first-order valence-electron chi connectivity index (χ1n) is 16.9. The van der Waals surface area contributed by atoms with Crippen molar-refractivity contribution in [2.45, 2.75) is 120 Å². The van der Waals surface area contributed by atoms with E-state index in [4.69, 9.17) is 15.2 Å². The number of ether oxygens (including phenoxy) is 2. The van der Waals surface area contributed by atoms with Crippen LogP contribution >= 0.6 is 0 Å². The molecule has 246 valence electrons. The van der Waals surface area contributed by atoms with Gasteiger partial charge in [-0.2, -0.15) is 0 Å². The first-order chi connectivity index (χ1) is 21.1. The van der Waals surface area contributed by atoms with Gasteiger partial charge in [0.1, 0.15) is 41.6 Å². The van der Waals surface area contributed by atoms with E-state index < -0.39 is 66.6 Å². The molecule has 0 aromatic carbocycles. The van der Waals surface area contributed by atoms with Crippen LogP contribution in [-0.4, -0.2) is 92.7 Å². The van der Waals surface area contributed by atoms with Gasteiger partial charge in [-0.3, -0.25) is 15.3 Å². The van der Waals surface area contributed by atoms with Gasteiger partial charge in [0.15, 0.2) is 12.1 Å². The van der Waals surface area contributed by atoms with Gasteiger partial charge in [-0.05, 0) is 68.4 Å². The summed E-state index contributed by atoms with van der Waals surface area (Å²) in [5, 5.41) is 57.3. The third kappa shape index (κ3) is 5.95. The Morgan fingerprint density at radius 2 is 1.80 bits per heavy atom. The van der Waals surface area contributed by atoms with E-state index in [1.54, 1.807) is 6.08 Å². The maximum atomic E-state index is 14.1. The SMILES string of the molecule is NC1CC(CC[C@]2(O)[C@H](O)[C@@H](CO)O[C@H](OC3CCCC4C(=O)[C@H]5C=C(C6CCCCC6)C=C(O)[C@@H]5C(=O)C34)[C@@H]2O)CC[NH2+]1. The number of nitrogens with two attached hydrogens (primary N) is 2. The predicted octanol–water partition coefficient (Wildman–Crippen LogP) is 0.343. The van der Waals surface area contributed by atoms with Crippen molar-refractivity contribution in [2.24, 2.45) is 41.2 Å². The van der Waals surface area contributed by atoms with Crippen LogP contribution in [0, 0.1) is 35.5 Å². The normalized spacial score (nSPS) is 45.2. The molecule has 2 heterocycles. The first-order valence-corrected chi connectivity index (χ1v) is 16.9. The number of hydrogen-bond donors (Lipinski definition) is 7. The molecule has 0 radical (unpaired) electrons. The molecule has 9 N–H and O–H groups in total. The van der Waals surface area contributed by atoms with E-state index in [0.717, 1.165) is 50.6 Å². The van der Waals surface area contributed by atoms with Crippen LogP contribution in [0.3, 0.4) is 0 Å². The summed E-state index contributed by atoms with van der Waals surface area (Å²) in [7, 11) is 0. The van der Waals surface area contributed by atoms with Crippen molar-refractivity contribution < 1.29 is 49.9 Å². The lowest BCUT2D eigenvalue weighted by Gasteiger charge is -2.50. The molecular formula is C33H51N2O9+. The van der Waals surface area contributed by atoms with Gasteiger partial charge in [-0.15, -0.1) is 0 Å². The second-order valence-corrected chi connectivity index (χ2v) is 14.3. The molecule has 4 aliphatic carbocycles. The molecule has 0 bridgehead atoms. The number of ketones is 2. The molecule has 44 heavy (non-hydrogen) atoms. The average Bonchev–Trinajstić information content (AvgIpc) is 3.03. The van der Waals surface area contributed by atoms with E-state index in [-0.39, 0.29) is 35.8 Å². The van der Waals surface area contributed by atoms with Crippen molar-refractivity contribution in [3.05, 3.63) is 23.5 Å². The Morgan fingerprint density at radius 3 is 2.52 bits per heavy atom. The molecular weight excluding hydrogens is 568 g/mol. The van der Waals surface area contributed by atoms with Gasteiger partial charge in [0.2, 0.25) is 0 Å². The van der Waals surface area contributed by atoms with Gasteiger partial charge in [-0.25, -0.2) is 0 Å². The number of carbonyl (C=O) groups excluding carboxylic acids is 2. The predicted molar refractivity (Wildman–Crippen MR) is 158 cm³/mol. The fraction of sp³-hybridized carbons (Fsp3) is 0.818. The molecule has 11 nitrogen and oxygen atoms in total. The summed E-state index contributed by atoms with van der Waals surface area (Å²) in [5.41, 5.74) is 5.04. The lowest BCUT2D eigenvalue weighted by atomic mass is 9.58. The first kappa shape index (κ1) is 32.2. The summed E-state index contributed by atoms with van der Waals surface area (Å²) in [6, 6.07) is 0. The van der Waals surface area contributed by atoms with Crippen LogP contribution in [0.5, 0.6) is 0 Å². The second kappa shape index (κ2) is 13.2. The van der Waals surface area contributed by atoms with Crippen molar-refractivity contribution in [2.75, 3.05) is 13.2 Å². The Labute approximate surface area is 258 Å². The number of aliphatic hydroxyl groups is 5. The molecule has 5 fully saturated rings. The summed E-state index contributed by atoms with van der Waals surface area (Å²) < 4.78 is 12.1. The van der Waals surface area contributed by atoms with Gasteiger partial charge in [0.05, 0.1) is 37.0 Å². The van der Waals surface area contributed by atoms with Crippen molar-refractivity contribution in [3.63, 3.8) is 0 Å². The minimum atomic E-state index is -2.02. The van der Waals surface area contributed by atoms with E-state index >= 15 is 0 Å². The number of hydrogen-bond acceptors (Lipinski definition) is 10. The number of rotatable bonds is 7. The second-order valence-electron chi connectivity index (χ2n) is 14.3. The van der Waals surface area contributed by atoms with Crippen LogP contribution in [-0.2, 0) is 19.1 Å². The highest BCUT2D eigenvalue weighted by atomic mass is 16.7. The largest absolute Gasteiger partial charge is 0.512 e. The zero-order valence-electron chi connectivity index (χ0n) is 25.5. The van der Waals surface area contributed by atoms with E-state index in [1.807, 2.05) is 6.08 Å². The van der Waals surface area contributed by atoms with Crippen LogP contribution in [0.4, 0.5) is 0 Å². The van der Waals surface area contributed by atoms with Crippen LogP contribution in [0.2, 0.25) is 0 Å². The number of Topliss-reactive ketones (excluding diaryl/α,β-unsaturated/α-hetero) is 2. The Hall–Kier alpha value is -1.70. The third-order valence-electron chi connectivity index (χ3n) is 11.6. The zero-order chi connectivity index (χ0) is 31.2. The Balaban J connectivity index is 1.19. The van der Waals surface area contributed by atoms with E-state index in [9.17, 15) is 35.1 Å². The van der Waals surface area contributed by atoms with Crippen molar-refractivity contribution in [1.29, 1.82) is 0 Å². The third-order valence-corrected chi connectivity index (χ3v) is 11.6. The minimum absolute atomic E-state index is 0.0310. The highest BCUT2D eigenvalue weighted by Gasteiger charge is 2.59. The van der Waals surface area contributed by atoms with Gasteiger partial charge in [0, 0.05) is 12.3 Å². The number of carbonyl (C=O) groups is 2. The fourth-order valence-corrected chi connectivity index (χ4v) is 9.13. The lowest BCUT2D eigenvalue weighted by Crippen LogP contribution is -2.94. The van der Waals surface area contributed by atoms with E-state index in [1.165, 1.54) is 6.42 Å². The number of allylic oxidation sites excluding steroid dienone is 4. The summed E-state index contributed by atoms with van der Waals surface area (Å²) in [5.74, 6) is -2.92. The molecule has 0 amide bonds. The topological polar surface area (TPSA) is 196 Å². The van der Waals surface area contributed by atoms with Crippen LogP contribution in [0.1, 0.15) is 77.0 Å². The zero-order valence-corrected chi connectivity index (χ0v) is 25.5. The number of quaternary nitrogens is 1. The van der Waals surface area contributed by atoms with E-state index in [2.05, 4.69) is 5.32 Å². The van der Waals surface area contributed by atoms with Crippen molar-refractivity contribution in [1.82, 2.24) is 0 Å². The molecule has 2 saturated heterocycles. The molecule has 0 aromatic heterocycles. The van der Waals surface area contributed by atoms with E-state index in [0.29, 0.717) is 31.6 Å². The Kier molecular flexibility index (Phi) is 9.67. The van der Waals surface area contributed by atoms with Crippen LogP contribution in [0.25, 0.3) is 0 Å². The summed E-state index contributed by atoms with van der Waals surface area (Å²) >= 11 is 0. The minimum Gasteiger partial charge on any atom is -0.512 e. The smallest absolute Gasteiger partial charge is 0.187 e. The molecule has 12 atom stereocenters. The summed E-state index contributed by atoms with van der Waals surface area (Å²) in [4.78, 5) is 28.0. The quantitative estimate of drug-likeness (QED) is 0.209. The average molecular weight is 620 g/mol. The molecule has 0 aromatic rings. The summed E-state index contributed by atoms with van der Waals surface area (Å²) in [6.45, 7) is 0.260.